The maximum absolute atomic E-state index is 11.7. The number of unbranched alkanes of at least 4 members (excludes halogenated alkanes) is 3. The zero-order chi connectivity index (χ0) is 13.4. The lowest BCUT2D eigenvalue weighted by Crippen LogP contribution is -2.55. The summed E-state index contributed by atoms with van der Waals surface area (Å²) in [6.45, 7) is 2.75. The zero-order valence-corrected chi connectivity index (χ0v) is 11.1. The Morgan fingerprint density at radius 2 is 1.83 bits per heavy atom. The molecule has 0 radical (unpaired) electrons. The van der Waals surface area contributed by atoms with Gasteiger partial charge >= 0.3 is 12.0 Å². The van der Waals surface area contributed by atoms with Gasteiger partial charge in [0, 0.05) is 6.54 Å². The fraction of sp³-hybridized carbons (Fsp3) is 0.846. The molecule has 1 saturated carbocycles. The highest BCUT2D eigenvalue weighted by molar-refractivity contribution is 5.86. The number of carboxylic acids is 1. The molecule has 5 nitrogen and oxygen atoms in total. The Hall–Kier alpha value is -1.26. The first-order chi connectivity index (χ1) is 8.60. The van der Waals surface area contributed by atoms with Crippen molar-refractivity contribution in [1.29, 1.82) is 0 Å². The quantitative estimate of drug-likeness (QED) is 0.611. The molecule has 0 spiro atoms. The maximum Gasteiger partial charge on any atom is 0.329 e. The van der Waals surface area contributed by atoms with E-state index in [1.807, 2.05) is 0 Å². The van der Waals surface area contributed by atoms with Gasteiger partial charge in [0.15, 0.2) is 0 Å². The van der Waals surface area contributed by atoms with Crippen LogP contribution in [0.1, 0.15) is 58.3 Å². The van der Waals surface area contributed by atoms with Gasteiger partial charge in [0.05, 0.1) is 0 Å². The van der Waals surface area contributed by atoms with Gasteiger partial charge in [-0.1, -0.05) is 39.0 Å². The summed E-state index contributed by atoms with van der Waals surface area (Å²) in [6, 6.07) is -0.351. The number of hydrogen-bond donors (Lipinski definition) is 3. The van der Waals surface area contributed by atoms with E-state index in [0.29, 0.717) is 19.4 Å². The first-order valence-electron chi connectivity index (χ1n) is 6.90. The van der Waals surface area contributed by atoms with E-state index in [4.69, 9.17) is 0 Å². The van der Waals surface area contributed by atoms with E-state index >= 15 is 0 Å². The van der Waals surface area contributed by atoms with E-state index in [2.05, 4.69) is 17.6 Å². The zero-order valence-electron chi connectivity index (χ0n) is 11.1. The number of urea groups is 1. The van der Waals surface area contributed by atoms with Gasteiger partial charge in [-0.25, -0.2) is 9.59 Å². The molecule has 2 amide bonds. The molecule has 1 rings (SSSR count). The lowest BCUT2D eigenvalue weighted by atomic mass is 9.98. The normalized spacial score (nSPS) is 17.4. The summed E-state index contributed by atoms with van der Waals surface area (Å²) in [4.78, 5) is 22.9. The number of aliphatic carboxylic acids is 1. The fourth-order valence-corrected chi connectivity index (χ4v) is 2.39. The molecule has 0 aromatic carbocycles. The lowest BCUT2D eigenvalue weighted by Gasteiger charge is -2.25. The van der Waals surface area contributed by atoms with Crippen LogP contribution in [0.15, 0.2) is 0 Å². The molecule has 0 unspecified atom stereocenters. The third kappa shape index (κ3) is 4.20. The van der Waals surface area contributed by atoms with E-state index < -0.39 is 11.5 Å². The summed E-state index contributed by atoms with van der Waals surface area (Å²) >= 11 is 0. The SMILES string of the molecule is CCCCCCNC(=O)NC1(C(=O)O)CCCC1. The monoisotopic (exact) mass is 256 g/mol. The van der Waals surface area contributed by atoms with Crippen LogP contribution in [0.4, 0.5) is 4.79 Å². The van der Waals surface area contributed by atoms with Crippen LogP contribution in [-0.4, -0.2) is 29.2 Å². The Bertz CT molecular complexity index is 286. The standard InChI is InChI=1S/C13H24N2O3/c1-2-3-4-7-10-14-12(18)15-13(11(16)17)8-5-6-9-13/h2-10H2,1H3,(H,16,17)(H2,14,15,18). The second-order valence-electron chi connectivity index (χ2n) is 5.04. The molecule has 0 atom stereocenters. The van der Waals surface area contributed by atoms with Gasteiger partial charge in [-0.15, -0.1) is 0 Å². The van der Waals surface area contributed by atoms with Gasteiger partial charge in [-0.2, -0.15) is 0 Å². The molecule has 5 heteroatoms. The Morgan fingerprint density at radius 1 is 1.17 bits per heavy atom. The van der Waals surface area contributed by atoms with Crippen molar-refractivity contribution >= 4 is 12.0 Å². The van der Waals surface area contributed by atoms with Gasteiger partial charge < -0.3 is 15.7 Å². The first-order valence-corrected chi connectivity index (χ1v) is 6.90. The highest BCUT2D eigenvalue weighted by Gasteiger charge is 2.42. The third-order valence-corrected chi connectivity index (χ3v) is 3.54. The number of nitrogens with one attached hydrogen (secondary N) is 2. The maximum atomic E-state index is 11.7. The van der Waals surface area contributed by atoms with E-state index in [9.17, 15) is 14.7 Å². The smallest absolute Gasteiger partial charge is 0.329 e. The largest absolute Gasteiger partial charge is 0.480 e. The second kappa shape index (κ2) is 7.24. The number of carbonyl (C=O) groups is 2. The summed E-state index contributed by atoms with van der Waals surface area (Å²) in [5, 5.41) is 14.6. The summed E-state index contributed by atoms with van der Waals surface area (Å²) < 4.78 is 0. The van der Waals surface area contributed by atoms with E-state index in [0.717, 1.165) is 32.1 Å². The predicted molar refractivity (Wildman–Crippen MR) is 69.5 cm³/mol. The van der Waals surface area contributed by atoms with Gasteiger partial charge in [-0.05, 0) is 19.3 Å². The number of amides is 2. The van der Waals surface area contributed by atoms with Crippen molar-refractivity contribution in [3.63, 3.8) is 0 Å². The number of rotatable bonds is 7. The molecule has 1 aliphatic rings. The van der Waals surface area contributed by atoms with Crippen molar-refractivity contribution in [1.82, 2.24) is 10.6 Å². The molecular weight excluding hydrogens is 232 g/mol. The van der Waals surface area contributed by atoms with Crippen LogP contribution in [0.2, 0.25) is 0 Å². The average Bonchev–Trinajstić information content (AvgIpc) is 2.78. The molecule has 0 aliphatic heterocycles. The molecule has 0 aromatic rings. The van der Waals surface area contributed by atoms with E-state index in [-0.39, 0.29) is 6.03 Å². The topological polar surface area (TPSA) is 78.4 Å². The van der Waals surface area contributed by atoms with Crippen LogP contribution in [0.5, 0.6) is 0 Å². The molecule has 3 N–H and O–H groups in total. The Morgan fingerprint density at radius 3 is 2.39 bits per heavy atom. The van der Waals surface area contributed by atoms with Crippen molar-refractivity contribution in [3.05, 3.63) is 0 Å². The molecule has 0 saturated heterocycles. The summed E-state index contributed by atoms with van der Waals surface area (Å²) in [6.07, 6.45) is 7.17. The molecule has 0 aromatic heterocycles. The summed E-state index contributed by atoms with van der Waals surface area (Å²) in [5.41, 5.74) is -1.03. The molecule has 18 heavy (non-hydrogen) atoms. The van der Waals surface area contributed by atoms with Crippen molar-refractivity contribution in [2.45, 2.75) is 63.8 Å². The fourth-order valence-electron chi connectivity index (χ4n) is 2.39. The Kier molecular flexibility index (Phi) is 5.95. The van der Waals surface area contributed by atoms with Crippen molar-refractivity contribution in [2.75, 3.05) is 6.54 Å². The highest BCUT2D eigenvalue weighted by atomic mass is 16.4. The number of carbonyl (C=O) groups excluding carboxylic acids is 1. The Balaban J connectivity index is 2.27. The van der Waals surface area contributed by atoms with Crippen LogP contribution < -0.4 is 10.6 Å². The molecule has 0 bridgehead atoms. The third-order valence-electron chi connectivity index (χ3n) is 3.54. The van der Waals surface area contributed by atoms with E-state index in [1.165, 1.54) is 6.42 Å². The molecule has 104 valence electrons. The average molecular weight is 256 g/mol. The van der Waals surface area contributed by atoms with Crippen molar-refractivity contribution in [3.8, 4) is 0 Å². The minimum atomic E-state index is -1.03. The molecule has 1 fully saturated rings. The van der Waals surface area contributed by atoms with E-state index in [1.54, 1.807) is 0 Å². The van der Waals surface area contributed by atoms with Gasteiger partial charge in [0.1, 0.15) is 5.54 Å². The van der Waals surface area contributed by atoms with Crippen LogP contribution in [0.3, 0.4) is 0 Å². The Labute approximate surface area is 108 Å². The minimum absolute atomic E-state index is 0.351. The molecule has 1 aliphatic carbocycles. The van der Waals surface area contributed by atoms with Crippen LogP contribution >= 0.6 is 0 Å². The van der Waals surface area contributed by atoms with Gasteiger partial charge in [-0.3, -0.25) is 0 Å². The van der Waals surface area contributed by atoms with Crippen molar-refractivity contribution in [2.24, 2.45) is 0 Å². The number of hydrogen-bond acceptors (Lipinski definition) is 2. The van der Waals surface area contributed by atoms with Crippen molar-refractivity contribution < 1.29 is 14.7 Å². The van der Waals surface area contributed by atoms with Crippen LogP contribution in [0, 0.1) is 0 Å². The van der Waals surface area contributed by atoms with Crippen LogP contribution in [0.25, 0.3) is 0 Å². The lowest BCUT2D eigenvalue weighted by molar-refractivity contribution is -0.144. The van der Waals surface area contributed by atoms with Gasteiger partial charge in [0.25, 0.3) is 0 Å². The van der Waals surface area contributed by atoms with Gasteiger partial charge in [0.2, 0.25) is 0 Å². The van der Waals surface area contributed by atoms with Crippen LogP contribution in [-0.2, 0) is 4.79 Å². The first kappa shape index (κ1) is 14.8. The second-order valence-corrected chi connectivity index (χ2v) is 5.04. The molecule has 0 heterocycles. The molecular formula is C13H24N2O3. The number of carboxylic acid groups (broad SMARTS) is 1. The highest BCUT2D eigenvalue weighted by Crippen LogP contribution is 2.29. The minimum Gasteiger partial charge on any atom is -0.480 e. The summed E-state index contributed by atoms with van der Waals surface area (Å²) in [5.74, 6) is -0.916. The summed E-state index contributed by atoms with van der Waals surface area (Å²) in [7, 11) is 0. The predicted octanol–water partition coefficient (Wildman–Crippen LogP) is 2.26.